The molecule has 0 aromatic carbocycles. The second-order valence-corrected chi connectivity index (χ2v) is 8.60. The molecule has 1 amide bonds. The molecule has 0 spiro atoms. The fourth-order valence-electron chi connectivity index (χ4n) is 5.31. The van der Waals surface area contributed by atoms with Crippen molar-refractivity contribution in [2.24, 2.45) is 30.7 Å². The van der Waals surface area contributed by atoms with E-state index in [0.29, 0.717) is 30.3 Å². The molecule has 0 saturated heterocycles. The lowest BCUT2D eigenvalue weighted by atomic mass is 9.85. The van der Waals surface area contributed by atoms with E-state index in [-0.39, 0.29) is 12.1 Å². The number of fused-ring (bicyclic) bond motifs is 2. The van der Waals surface area contributed by atoms with E-state index in [1.54, 1.807) is 0 Å². The molecular weight excluding hydrogens is 328 g/mol. The van der Waals surface area contributed by atoms with Crippen LogP contribution >= 0.6 is 0 Å². The zero-order valence-corrected chi connectivity index (χ0v) is 16.1. The van der Waals surface area contributed by atoms with E-state index >= 15 is 0 Å². The Kier molecular flexibility index (Phi) is 5.18. The average molecular weight is 361 g/mol. The van der Waals surface area contributed by atoms with Gasteiger partial charge in [-0.25, -0.2) is 4.79 Å². The van der Waals surface area contributed by atoms with E-state index in [1.807, 2.05) is 11.7 Å². The number of alkyl carbamates (subject to hydrolysis) is 1. The molecule has 0 aliphatic heterocycles. The number of carbonyl (C=O) groups excluding carboxylic acids is 1. The first kappa shape index (κ1) is 17.8. The minimum atomic E-state index is -0.225. The molecule has 1 N–H and O–H groups in total. The summed E-state index contributed by atoms with van der Waals surface area (Å²) in [6.07, 6.45) is 10.5. The molecular formula is C20H32N4O2. The molecule has 4 unspecified atom stereocenters. The number of aryl methyl sites for hydroxylation is 2. The monoisotopic (exact) mass is 360 g/mol. The zero-order valence-electron chi connectivity index (χ0n) is 16.1. The molecule has 0 bridgehead atoms. The standard InChI is InChI=1S/C20H32N4O2/c1-13(14-6-4-3-5-7-14)21-20(25)26-12-17-15-8-10-18-19(11-9-16(15)17)24(2)23-22-18/h13-17H,3-12H2,1-2H3,(H,21,25). The Balaban J connectivity index is 1.22. The molecule has 3 aliphatic carbocycles. The lowest BCUT2D eigenvalue weighted by molar-refractivity contribution is 0.128. The summed E-state index contributed by atoms with van der Waals surface area (Å²) in [5.41, 5.74) is 2.45. The Hall–Kier alpha value is -1.59. The summed E-state index contributed by atoms with van der Waals surface area (Å²) in [7, 11) is 1.98. The van der Waals surface area contributed by atoms with Crippen molar-refractivity contribution in [3.8, 4) is 0 Å². The third-order valence-electron chi connectivity index (χ3n) is 7.07. The molecule has 26 heavy (non-hydrogen) atoms. The first-order valence-corrected chi connectivity index (χ1v) is 10.4. The minimum absolute atomic E-state index is 0.225. The number of rotatable bonds is 4. The molecule has 1 aromatic rings. The number of amides is 1. The first-order chi connectivity index (χ1) is 12.6. The summed E-state index contributed by atoms with van der Waals surface area (Å²) in [6, 6.07) is 0.226. The Morgan fingerprint density at radius 1 is 1.19 bits per heavy atom. The SMILES string of the molecule is CC(NC(=O)OCC1C2CCc3nnn(C)c3CCC21)C1CCCCC1. The highest BCUT2D eigenvalue weighted by molar-refractivity contribution is 5.67. The quantitative estimate of drug-likeness (QED) is 0.895. The van der Waals surface area contributed by atoms with E-state index in [4.69, 9.17) is 4.74 Å². The van der Waals surface area contributed by atoms with Gasteiger partial charge in [0.1, 0.15) is 0 Å². The molecule has 4 rings (SSSR count). The van der Waals surface area contributed by atoms with Gasteiger partial charge >= 0.3 is 6.09 Å². The number of aromatic nitrogens is 3. The number of nitrogens with one attached hydrogen (secondary N) is 1. The zero-order chi connectivity index (χ0) is 18.1. The molecule has 1 aromatic heterocycles. The third kappa shape index (κ3) is 3.74. The predicted octanol–water partition coefficient (Wildman–Crippen LogP) is 3.25. The maximum absolute atomic E-state index is 12.2. The highest BCUT2D eigenvalue weighted by atomic mass is 16.5. The maximum atomic E-state index is 12.2. The average Bonchev–Trinajstić information content (AvgIpc) is 3.17. The van der Waals surface area contributed by atoms with Crippen molar-refractivity contribution < 1.29 is 9.53 Å². The van der Waals surface area contributed by atoms with Crippen LogP contribution in [-0.4, -0.2) is 33.7 Å². The lowest BCUT2D eigenvalue weighted by Gasteiger charge is -2.27. The van der Waals surface area contributed by atoms with Gasteiger partial charge < -0.3 is 10.1 Å². The predicted molar refractivity (Wildman–Crippen MR) is 98.6 cm³/mol. The van der Waals surface area contributed by atoms with Crippen molar-refractivity contribution >= 4 is 6.09 Å². The Bertz CT molecular complexity index is 638. The van der Waals surface area contributed by atoms with Crippen molar-refractivity contribution in [2.45, 2.75) is 70.8 Å². The van der Waals surface area contributed by atoms with Gasteiger partial charge in [0.25, 0.3) is 0 Å². The van der Waals surface area contributed by atoms with Crippen LogP contribution in [0.3, 0.4) is 0 Å². The van der Waals surface area contributed by atoms with E-state index < -0.39 is 0 Å². The number of hydrogen-bond donors (Lipinski definition) is 1. The van der Waals surface area contributed by atoms with Gasteiger partial charge in [-0.05, 0) is 69.1 Å². The second-order valence-electron chi connectivity index (χ2n) is 8.60. The molecule has 6 nitrogen and oxygen atoms in total. The van der Waals surface area contributed by atoms with Crippen LogP contribution < -0.4 is 5.32 Å². The van der Waals surface area contributed by atoms with Crippen molar-refractivity contribution in [3.63, 3.8) is 0 Å². The normalized spacial score (nSPS) is 29.7. The minimum Gasteiger partial charge on any atom is -0.449 e. The van der Waals surface area contributed by atoms with Crippen molar-refractivity contribution in [1.82, 2.24) is 20.3 Å². The summed E-state index contributed by atoms with van der Waals surface area (Å²) in [5, 5.41) is 11.5. The van der Waals surface area contributed by atoms with Crippen LogP contribution in [0.5, 0.6) is 0 Å². The summed E-state index contributed by atoms with van der Waals surface area (Å²) in [6.45, 7) is 2.70. The Morgan fingerprint density at radius 3 is 2.69 bits per heavy atom. The second kappa shape index (κ2) is 7.57. The van der Waals surface area contributed by atoms with Crippen LogP contribution in [0, 0.1) is 23.7 Å². The number of ether oxygens (including phenoxy) is 1. The van der Waals surface area contributed by atoms with Crippen LogP contribution in [0.2, 0.25) is 0 Å². The van der Waals surface area contributed by atoms with E-state index in [1.165, 1.54) is 37.8 Å². The number of nitrogens with zero attached hydrogens (tertiary/aromatic N) is 3. The van der Waals surface area contributed by atoms with Gasteiger partial charge in [-0.3, -0.25) is 4.68 Å². The van der Waals surface area contributed by atoms with E-state index in [9.17, 15) is 4.79 Å². The van der Waals surface area contributed by atoms with Gasteiger partial charge in [-0.15, -0.1) is 5.10 Å². The van der Waals surface area contributed by atoms with Gasteiger partial charge in [-0.2, -0.15) is 0 Å². The Morgan fingerprint density at radius 2 is 1.92 bits per heavy atom. The largest absolute Gasteiger partial charge is 0.449 e. The van der Waals surface area contributed by atoms with Crippen LogP contribution in [0.25, 0.3) is 0 Å². The van der Waals surface area contributed by atoms with Gasteiger partial charge in [0, 0.05) is 13.1 Å². The molecule has 1 heterocycles. The van der Waals surface area contributed by atoms with Gasteiger partial charge in [0.05, 0.1) is 18.0 Å². The topological polar surface area (TPSA) is 69.0 Å². The molecule has 4 atom stereocenters. The summed E-state index contributed by atoms with van der Waals surface area (Å²) in [5.74, 6) is 2.54. The van der Waals surface area contributed by atoms with Crippen molar-refractivity contribution in [3.05, 3.63) is 11.4 Å². The fraction of sp³-hybridized carbons (Fsp3) is 0.850. The highest BCUT2D eigenvalue weighted by Gasteiger charge is 2.50. The lowest BCUT2D eigenvalue weighted by Crippen LogP contribution is -2.39. The fourth-order valence-corrected chi connectivity index (χ4v) is 5.31. The van der Waals surface area contributed by atoms with E-state index in [0.717, 1.165) is 31.4 Å². The highest BCUT2D eigenvalue weighted by Crippen LogP contribution is 2.52. The van der Waals surface area contributed by atoms with Gasteiger partial charge in [-0.1, -0.05) is 24.5 Å². The maximum Gasteiger partial charge on any atom is 0.407 e. The molecule has 2 saturated carbocycles. The van der Waals surface area contributed by atoms with Gasteiger partial charge in [0.15, 0.2) is 0 Å². The van der Waals surface area contributed by atoms with Crippen LogP contribution in [-0.2, 0) is 24.6 Å². The van der Waals surface area contributed by atoms with Crippen molar-refractivity contribution in [2.75, 3.05) is 6.61 Å². The van der Waals surface area contributed by atoms with Gasteiger partial charge in [0.2, 0.25) is 0 Å². The Labute approximate surface area is 156 Å². The molecule has 3 aliphatic rings. The summed E-state index contributed by atoms with van der Waals surface area (Å²) in [4.78, 5) is 12.2. The molecule has 144 valence electrons. The van der Waals surface area contributed by atoms with Crippen LogP contribution in [0.1, 0.15) is 63.3 Å². The molecule has 6 heteroatoms. The van der Waals surface area contributed by atoms with Crippen molar-refractivity contribution in [1.29, 1.82) is 0 Å². The number of carbonyl (C=O) groups is 1. The third-order valence-corrected chi connectivity index (χ3v) is 7.07. The van der Waals surface area contributed by atoms with Crippen LogP contribution in [0.4, 0.5) is 4.79 Å². The first-order valence-electron chi connectivity index (χ1n) is 10.4. The molecule has 0 radical (unpaired) electrons. The molecule has 2 fully saturated rings. The summed E-state index contributed by atoms with van der Waals surface area (Å²) < 4.78 is 7.52. The number of hydrogen-bond acceptors (Lipinski definition) is 4. The van der Waals surface area contributed by atoms with E-state index in [2.05, 4.69) is 22.6 Å². The van der Waals surface area contributed by atoms with Crippen LogP contribution in [0.15, 0.2) is 0 Å². The smallest absolute Gasteiger partial charge is 0.407 e. The summed E-state index contributed by atoms with van der Waals surface area (Å²) >= 11 is 0.